The van der Waals surface area contributed by atoms with Gasteiger partial charge in [0.05, 0.1) is 25.9 Å². The fourth-order valence-corrected chi connectivity index (χ4v) is 1.15. The van der Waals surface area contributed by atoms with Crippen LogP contribution in [0.15, 0.2) is 0 Å². The monoisotopic (exact) mass is 157 g/mol. The third-order valence-corrected chi connectivity index (χ3v) is 1.85. The van der Waals surface area contributed by atoms with Crippen molar-refractivity contribution in [1.82, 2.24) is 0 Å². The van der Waals surface area contributed by atoms with Crippen molar-refractivity contribution < 1.29 is 9.47 Å². The second-order valence-electron chi connectivity index (χ2n) is 3.31. The summed E-state index contributed by atoms with van der Waals surface area (Å²) in [7, 11) is 0. The maximum absolute atomic E-state index is 5.49. The summed E-state index contributed by atoms with van der Waals surface area (Å²) in [6.45, 7) is 6.64. The highest BCUT2D eigenvalue weighted by atomic mass is 16.6. The predicted molar refractivity (Wildman–Crippen MR) is 44.4 cm³/mol. The van der Waals surface area contributed by atoms with Crippen LogP contribution in [0, 0.1) is 5.92 Å². The Morgan fingerprint density at radius 1 is 1.36 bits per heavy atom. The molecule has 1 aliphatic rings. The summed E-state index contributed by atoms with van der Waals surface area (Å²) in [5.74, 6) is 1.47. The second-order valence-corrected chi connectivity index (χ2v) is 3.31. The van der Waals surface area contributed by atoms with Crippen molar-refractivity contribution in [3.8, 4) is 0 Å². The van der Waals surface area contributed by atoms with E-state index in [1.165, 1.54) is 5.92 Å². The Kier molecular flexibility index (Phi) is 3.87. The lowest BCUT2D eigenvalue weighted by atomic mass is 10.1. The van der Waals surface area contributed by atoms with Gasteiger partial charge in [-0.3, -0.25) is 0 Å². The highest BCUT2D eigenvalue weighted by molar-refractivity contribution is 4.78. The van der Waals surface area contributed by atoms with Crippen molar-refractivity contribution in [3.05, 3.63) is 5.92 Å². The van der Waals surface area contributed by atoms with Gasteiger partial charge in [-0.1, -0.05) is 13.8 Å². The van der Waals surface area contributed by atoms with Crippen LogP contribution in [-0.4, -0.2) is 25.9 Å². The molecule has 0 aliphatic carbocycles. The van der Waals surface area contributed by atoms with Crippen molar-refractivity contribution in [2.45, 2.75) is 32.8 Å². The van der Waals surface area contributed by atoms with Crippen molar-refractivity contribution in [3.63, 3.8) is 0 Å². The van der Waals surface area contributed by atoms with Crippen molar-refractivity contribution >= 4 is 0 Å². The molecule has 65 valence electrons. The van der Waals surface area contributed by atoms with Gasteiger partial charge in [-0.05, 0) is 18.8 Å². The second kappa shape index (κ2) is 4.73. The molecular formula is C9H17O2. The van der Waals surface area contributed by atoms with Gasteiger partial charge in [0.15, 0.2) is 0 Å². The fourth-order valence-electron chi connectivity index (χ4n) is 1.15. The summed E-state index contributed by atoms with van der Waals surface area (Å²) in [6, 6.07) is 0. The van der Waals surface area contributed by atoms with Crippen molar-refractivity contribution in [1.29, 1.82) is 0 Å². The first-order valence-corrected chi connectivity index (χ1v) is 4.27. The van der Waals surface area contributed by atoms with Crippen LogP contribution in [0.2, 0.25) is 0 Å². The van der Waals surface area contributed by atoms with E-state index in [1.807, 2.05) is 0 Å². The van der Waals surface area contributed by atoms with Crippen LogP contribution >= 0.6 is 0 Å². The van der Waals surface area contributed by atoms with Gasteiger partial charge in [-0.2, -0.15) is 0 Å². The molecule has 2 heteroatoms. The summed E-state index contributed by atoms with van der Waals surface area (Å²) in [5, 5.41) is 0. The third-order valence-electron chi connectivity index (χ3n) is 1.85. The lowest BCUT2D eigenvalue weighted by molar-refractivity contribution is -0.0907. The standard InChI is InChI=1S/C9H17O2/c1-8(2)3-4-9-7-10-5-6-11-9/h9H,3-7H2,1-2H3. The molecule has 0 aromatic rings. The molecule has 11 heavy (non-hydrogen) atoms. The molecule has 1 heterocycles. The Labute approximate surface area is 68.9 Å². The molecule has 1 atom stereocenters. The molecular weight excluding hydrogens is 140 g/mol. The number of hydrogen-bond donors (Lipinski definition) is 0. The van der Waals surface area contributed by atoms with E-state index in [9.17, 15) is 0 Å². The number of hydrogen-bond acceptors (Lipinski definition) is 2. The molecule has 0 spiro atoms. The summed E-state index contributed by atoms with van der Waals surface area (Å²) < 4.78 is 10.8. The number of rotatable bonds is 3. The zero-order valence-corrected chi connectivity index (χ0v) is 7.43. The van der Waals surface area contributed by atoms with Gasteiger partial charge < -0.3 is 9.47 Å². The van der Waals surface area contributed by atoms with Crippen molar-refractivity contribution in [2.24, 2.45) is 0 Å². The quantitative estimate of drug-likeness (QED) is 0.622. The molecule has 0 amide bonds. The maximum atomic E-state index is 5.49. The first-order valence-electron chi connectivity index (χ1n) is 4.27. The van der Waals surface area contributed by atoms with Crippen LogP contribution < -0.4 is 0 Å². The minimum Gasteiger partial charge on any atom is -0.376 e. The van der Waals surface area contributed by atoms with Gasteiger partial charge in [0.25, 0.3) is 0 Å². The van der Waals surface area contributed by atoms with Crippen LogP contribution in [-0.2, 0) is 9.47 Å². The molecule has 1 aliphatic heterocycles. The van der Waals surface area contributed by atoms with Crippen LogP contribution in [0.25, 0.3) is 0 Å². The molecule has 1 fully saturated rings. The minimum absolute atomic E-state index is 0.346. The van der Waals surface area contributed by atoms with E-state index in [-0.39, 0.29) is 0 Å². The van der Waals surface area contributed by atoms with Crippen molar-refractivity contribution in [2.75, 3.05) is 19.8 Å². The first-order chi connectivity index (χ1) is 5.29. The van der Waals surface area contributed by atoms with E-state index < -0.39 is 0 Å². The highest BCUT2D eigenvalue weighted by Crippen LogP contribution is 2.13. The number of ether oxygens (including phenoxy) is 2. The van der Waals surface area contributed by atoms with Gasteiger partial charge in [0.1, 0.15) is 0 Å². The maximum Gasteiger partial charge on any atom is 0.0809 e. The molecule has 1 unspecified atom stereocenters. The van der Waals surface area contributed by atoms with Gasteiger partial charge in [0, 0.05) is 0 Å². The molecule has 0 aromatic carbocycles. The molecule has 0 saturated carbocycles. The van der Waals surface area contributed by atoms with E-state index in [2.05, 4.69) is 13.8 Å². The highest BCUT2D eigenvalue weighted by Gasteiger charge is 2.13. The summed E-state index contributed by atoms with van der Waals surface area (Å²) in [6.07, 6.45) is 2.62. The smallest absolute Gasteiger partial charge is 0.0809 e. The van der Waals surface area contributed by atoms with Crippen LogP contribution in [0.4, 0.5) is 0 Å². The average molecular weight is 157 g/mol. The predicted octanol–water partition coefficient (Wildman–Crippen LogP) is 1.80. The Hall–Kier alpha value is -0.0800. The van der Waals surface area contributed by atoms with Crippen LogP contribution in [0.5, 0.6) is 0 Å². The summed E-state index contributed by atoms with van der Waals surface area (Å²) >= 11 is 0. The Morgan fingerprint density at radius 3 is 2.73 bits per heavy atom. The van der Waals surface area contributed by atoms with Gasteiger partial charge in [0.2, 0.25) is 0 Å². The normalized spacial score (nSPS) is 25.9. The first kappa shape index (κ1) is 9.01. The largest absolute Gasteiger partial charge is 0.376 e. The minimum atomic E-state index is 0.346. The Morgan fingerprint density at radius 2 is 2.18 bits per heavy atom. The van der Waals surface area contributed by atoms with Gasteiger partial charge in [-0.25, -0.2) is 0 Å². The molecule has 0 N–H and O–H groups in total. The zero-order valence-electron chi connectivity index (χ0n) is 7.43. The topological polar surface area (TPSA) is 18.5 Å². The summed E-state index contributed by atoms with van der Waals surface area (Å²) in [4.78, 5) is 0. The zero-order chi connectivity index (χ0) is 8.10. The molecule has 1 saturated heterocycles. The van der Waals surface area contributed by atoms with Crippen LogP contribution in [0.3, 0.4) is 0 Å². The van der Waals surface area contributed by atoms with E-state index in [0.29, 0.717) is 6.10 Å². The van der Waals surface area contributed by atoms with Gasteiger partial charge in [-0.15, -0.1) is 0 Å². The van der Waals surface area contributed by atoms with E-state index >= 15 is 0 Å². The lowest BCUT2D eigenvalue weighted by Crippen LogP contribution is -2.28. The lowest BCUT2D eigenvalue weighted by Gasteiger charge is -2.23. The molecule has 0 aromatic heterocycles. The average Bonchev–Trinajstić information content (AvgIpc) is 2.03. The van der Waals surface area contributed by atoms with E-state index in [4.69, 9.17) is 9.47 Å². The Balaban J connectivity index is 2.05. The third kappa shape index (κ3) is 3.73. The fraction of sp³-hybridized carbons (Fsp3) is 0.889. The molecule has 2 nitrogen and oxygen atoms in total. The molecule has 0 bridgehead atoms. The SMILES string of the molecule is C[C](C)CCC1COCCO1. The summed E-state index contributed by atoms with van der Waals surface area (Å²) in [5.41, 5.74) is 0. The van der Waals surface area contributed by atoms with E-state index in [1.54, 1.807) is 0 Å². The van der Waals surface area contributed by atoms with Crippen LogP contribution in [0.1, 0.15) is 26.7 Å². The molecule has 1 rings (SSSR count). The van der Waals surface area contributed by atoms with E-state index in [0.717, 1.165) is 32.7 Å². The van der Waals surface area contributed by atoms with Gasteiger partial charge >= 0.3 is 0 Å². The Bertz CT molecular complexity index is 95.7. The molecule has 1 radical (unpaired) electrons.